The summed E-state index contributed by atoms with van der Waals surface area (Å²) in [5, 5.41) is 2.20. The van der Waals surface area contributed by atoms with E-state index in [-0.39, 0.29) is 0 Å². The fourth-order valence-electron chi connectivity index (χ4n) is 2.53. The Kier molecular flexibility index (Phi) is 6.62. The van der Waals surface area contributed by atoms with Gasteiger partial charge in [-0.2, -0.15) is 0 Å². The van der Waals surface area contributed by atoms with E-state index in [2.05, 4.69) is 72.7 Å². The lowest BCUT2D eigenvalue weighted by molar-refractivity contribution is 0.711. The van der Waals surface area contributed by atoms with Crippen LogP contribution in [0.3, 0.4) is 0 Å². The third kappa shape index (κ3) is 5.03. The lowest BCUT2D eigenvalue weighted by atomic mass is 10.00. The highest BCUT2D eigenvalue weighted by molar-refractivity contribution is 14.1. The van der Waals surface area contributed by atoms with Gasteiger partial charge in [-0.15, -0.1) is 0 Å². The maximum absolute atomic E-state index is 4.21. The van der Waals surface area contributed by atoms with Gasteiger partial charge in [0.2, 0.25) is 0 Å². The molecule has 0 fully saturated rings. The summed E-state index contributed by atoms with van der Waals surface area (Å²) in [6, 6.07) is 4.59. The number of allylic oxidation sites excluding steroid dienone is 3. The second-order valence-corrected chi connectivity index (χ2v) is 7.78. The molecule has 0 N–H and O–H groups in total. The van der Waals surface area contributed by atoms with Crippen LogP contribution in [-0.4, -0.2) is 0 Å². The van der Waals surface area contributed by atoms with Crippen molar-refractivity contribution in [3.63, 3.8) is 0 Å². The number of aryl methyl sites for hydroxylation is 2. The van der Waals surface area contributed by atoms with Crippen LogP contribution >= 0.6 is 34.4 Å². The monoisotopic (exact) mass is 410 g/mol. The van der Waals surface area contributed by atoms with Gasteiger partial charge in [-0.3, -0.25) is 0 Å². The smallest absolute Gasteiger partial charge is 0.0162 e. The van der Waals surface area contributed by atoms with Crippen LogP contribution in [0.25, 0.3) is 0 Å². The molecule has 1 aliphatic carbocycles. The standard InChI is InChI=1S/C19H23IS/c1-14-13-19(20)15(2)12-18(14)10-7-11-21-16(3)17-8-5-4-6-9-17/h7-8,11-13H,3-6,9-10H2,1-2H3/b11-7+. The zero-order chi connectivity index (χ0) is 15.2. The molecule has 2 heteroatoms. The van der Waals surface area contributed by atoms with Crippen molar-refractivity contribution in [2.24, 2.45) is 0 Å². The van der Waals surface area contributed by atoms with Gasteiger partial charge in [-0.1, -0.05) is 36.6 Å². The van der Waals surface area contributed by atoms with E-state index in [0.29, 0.717) is 0 Å². The van der Waals surface area contributed by atoms with Crippen molar-refractivity contribution in [2.75, 3.05) is 0 Å². The molecule has 0 radical (unpaired) electrons. The zero-order valence-corrected chi connectivity index (χ0v) is 15.9. The van der Waals surface area contributed by atoms with E-state index in [1.54, 1.807) is 11.8 Å². The maximum Gasteiger partial charge on any atom is 0.0162 e. The number of halogens is 1. The summed E-state index contributed by atoms with van der Waals surface area (Å²) in [6.07, 6.45) is 10.7. The molecular weight excluding hydrogens is 387 g/mol. The van der Waals surface area contributed by atoms with Crippen molar-refractivity contribution in [1.29, 1.82) is 0 Å². The van der Waals surface area contributed by atoms with E-state index >= 15 is 0 Å². The highest BCUT2D eigenvalue weighted by Gasteiger charge is 2.06. The van der Waals surface area contributed by atoms with Gasteiger partial charge in [0.1, 0.15) is 0 Å². The van der Waals surface area contributed by atoms with Gasteiger partial charge in [-0.25, -0.2) is 0 Å². The first-order chi connectivity index (χ1) is 10.1. The minimum atomic E-state index is 1.00. The van der Waals surface area contributed by atoms with Crippen molar-refractivity contribution in [3.05, 3.63) is 67.0 Å². The third-order valence-electron chi connectivity index (χ3n) is 3.91. The zero-order valence-electron chi connectivity index (χ0n) is 12.9. The molecule has 0 nitrogen and oxygen atoms in total. The summed E-state index contributed by atoms with van der Waals surface area (Å²) in [6.45, 7) is 8.59. The Balaban J connectivity index is 1.89. The molecule has 0 spiro atoms. The molecule has 21 heavy (non-hydrogen) atoms. The molecule has 0 saturated carbocycles. The summed E-state index contributed by atoms with van der Waals surface area (Å²) >= 11 is 4.18. The molecule has 0 aliphatic heterocycles. The van der Waals surface area contributed by atoms with Gasteiger partial charge < -0.3 is 0 Å². The molecule has 0 saturated heterocycles. The van der Waals surface area contributed by atoms with Crippen LogP contribution in [0.1, 0.15) is 42.4 Å². The van der Waals surface area contributed by atoms with Crippen molar-refractivity contribution >= 4 is 34.4 Å². The third-order valence-corrected chi connectivity index (χ3v) is 5.95. The number of rotatable bonds is 5. The van der Waals surface area contributed by atoms with E-state index in [0.717, 1.165) is 6.42 Å². The molecule has 0 amide bonds. The molecule has 0 bridgehead atoms. The second-order valence-electron chi connectivity index (χ2n) is 5.62. The van der Waals surface area contributed by atoms with E-state index in [4.69, 9.17) is 0 Å². The quantitative estimate of drug-likeness (QED) is 0.486. The first kappa shape index (κ1) is 16.9. The van der Waals surface area contributed by atoms with Crippen molar-refractivity contribution in [1.82, 2.24) is 0 Å². The van der Waals surface area contributed by atoms with Crippen LogP contribution in [0.2, 0.25) is 0 Å². The molecule has 1 aromatic carbocycles. The first-order valence-corrected chi connectivity index (χ1v) is 9.49. The van der Waals surface area contributed by atoms with Crippen LogP contribution in [0.4, 0.5) is 0 Å². The lowest BCUT2D eigenvalue weighted by Crippen LogP contribution is -1.92. The number of hydrogen-bond acceptors (Lipinski definition) is 1. The van der Waals surface area contributed by atoms with Gasteiger partial charge in [0, 0.05) is 8.48 Å². The van der Waals surface area contributed by atoms with Gasteiger partial charge in [0.05, 0.1) is 0 Å². The second kappa shape index (κ2) is 8.23. The van der Waals surface area contributed by atoms with Crippen molar-refractivity contribution in [3.8, 4) is 0 Å². The molecule has 0 unspecified atom stereocenters. The maximum atomic E-state index is 4.21. The van der Waals surface area contributed by atoms with Gasteiger partial charge in [0.25, 0.3) is 0 Å². The van der Waals surface area contributed by atoms with E-state index in [1.807, 2.05) is 0 Å². The van der Waals surface area contributed by atoms with Crippen molar-refractivity contribution in [2.45, 2.75) is 46.0 Å². The molecule has 1 aromatic rings. The summed E-state index contributed by atoms with van der Waals surface area (Å²) in [5.41, 5.74) is 5.63. The molecule has 1 aliphatic rings. The predicted octanol–water partition coefficient (Wildman–Crippen LogP) is 6.71. The van der Waals surface area contributed by atoms with Gasteiger partial charge in [0.15, 0.2) is 0 Å². The van der Waals surface area contributed by atoms with E-state index < -0.39 is 0 Å². The van der Waals surface area contributed by atoms with Crippen LogP contribution in [0.15, 0.2) is 46.8 Å². The molecule has 0 heterocycles. The Morgan fingerprint density at radius 1 is 1.29 bits per heavy atom. The minimum absolute atomic E-state index is 1.00. The Hall–Kier alpha value is -0.480. The highest BCUT2D eigenvalue weighted by Crippen LogP contribution is 2.30. The van der Waals surface area contributed by atoms with E-state index in [9.17, 15) is 0 Å². The first-order valence-electron chi connectivity index (χ1n) is 7.53. The molecule has 0 aromatic heterocycles. The summed E-state index contributed by atoms with van der Waals surface area (Å²) < 4.78 is 1.35. The lowest BCUT2D eigenvalue weighted by Gasteiger charge is -2.13. The van der Waals surface area contributed by atoms with Crippen LogP contribution in [0.5, 0.6) is 0 Å². The number of thioether (sulfide) groups is 1. The highest BCUT2D eigenvalue weighted by atomic mass is 127. The molecule has 2 rings (SSSR count). The minimum Gasteiger partial charge on any atom is -0.0987 e. The molecular formula is C19H23IS. The Labute approximate surface area is 146 Å². The van der Waals surface area contributed by atoms with Crippen LogP contribution in [-0.2, 0) is 6.42 Å². The van der Waals surface area contributed by atoms with Crippen LogP contribution < -0.4 is 0 Å². The Morgan fingerprint density at radius 3 is 2.81 bits per heavy atom. The predicted molar refractivity (Wildman–Crippen MR) is 105 cm³/mol. The topological polar surface area (TPSA) is 0 Å². The summed E-state index contributed by atoms with van der Waals surface area (Å²) in [7, 11) is 0. The summed E-state index contributed by atoms with van der Waals surface area (Å²) in [4.78, 5) is 1.22. The molecule has 112 valence electrons. The van der Waals surface area contributed by atoms with Gasteiger partial charge in [-0.05, 0) is 102 Å². The van der Waals surface area contributed by atoms with Gasteiger partial charge >= 0.3 is 0 Å². The van der Waals surface area contributed by atoms with Crippen molar-refractivity contribution < 1.29 is 0 Å². The fourth-order valence-corrected chi connectivity index (χ4v) is 3.85. The van der Waals surface area contributed by atoms with E-state index in [1.165, 1.54) is 56.4 Å². The molecule has 0 atom stereocenters. The SMILES string of the molecule is C=C(S/C=C/Cc1cc(C)c(I)cc1C)C1=CCCCC1. The average molecular weight is 410 g/mol. The summed E-state index contributed by atoms with van der Waals surface area (Å²) in [5.74, 6) is 0. The average Bonchev–Trinajstić information content (AvgIpc) is 2.49. The number of benzene rings is 1. The Morgan fingerprint density at radius 2 is 2.10 bits per heavy atom. The largest absolute Gasteiger partial charge is 0.0987 e. The number of hydrogen-bond donors (Lipinski definition) is 0. The fraction of sp³-hybridized carbons (Fsp3) is 0.368. The normalized spacial score (nSPS) is 15.3. The Bertz CT molecular complexity index is 581. The van der Waals surface area contributed by atoms with Crippen LogP contribution in [0, 0.1) is 17.4 Å².